The predicted octanol–water partition coefficient (Wildman–Crippen LogP) is -2.23. The van der Waals surface area contributed by atoms with Gasteiger partial charge in [-0.15, -0.1) is 0 Å². The van der Waals surface area contributed by atoms with Crippen molar-refractivity contribution in [2.45, 2.75) is 53.0 Å². The molecule has 0 aliphatic carbocycles. The van der Waals surface area contributed by atoms with Crippen molar-refractivity contribution in [3.63, 3.8) is 0 Å². The molecular formula is C16H28N3NaO6Si. The molecule has 0 aromatic heterocycles. The molecule has 1 heterocycles. The molecule has 2 unspecified atom stereocenters. The molecule has 2 amide bonds. The summed E-state index contributed by atoms with van der Waals surface area (Å²) in [5.74, 6) is -1.20. The van der Waals surface area contributed by atoms with Gasteiger partial charge in [0, 0.05) is 20.3 Å². The van der Waals surface area contributed by atoms with Gasteiger partial charge in [-0.05, 0) is 18.8 Å². The maximum absolute atomic E-state index is 11.9. The summed E-state index contributed by atoms with van der Waals surface area (Å²) in [5, 5.41) is 13.1. The Labute approximate surface area is 183 Å². The number of amidine groups is 1. The molecule has 0 saturated carbocycles. The number of nitrogens with one attached hydrogen (secondary N) is 1. The molecule has 1 rings (SSSR count). The fraction of sp³-hybridized carbons (Fsp3) is 0.750. The predicted molar refractivity (Wildman–Crippen MR) is 95.8 cm³/mol. The third kappa shape index (κ3) is 6.90. The quantitative estimate of drug-likeness (QED) is 0.209. The summed E-state index contributed by atoms with van der Waals surface area (Å²) in [5.41, 5.74) is -1.15. The number of rotatable bonds is 8. The Kier molecular flexibility index (Phi) is 14.0. The molecule has 1 N–H and O–H groups in total. The molecular weight excluding hydrogens is 381 g/mol. The van der Waals surface area contributed by atoms with E-state index in [2.05, 4.69) is 15.0 Å². The molecule has 0 aromatic rings. The average molecular weight is 409 g/mol. The standard InChI is InChI=1S/C11H18N2O3.C5H11NO3Si.Na/c1-4-6-7(3)11(5-2)8(14)12-10(16)13-9(11)15;1-4-10(8-2,9-3)6-5-7;/h7H,4-6H2,1-3H3,(H2,12,13,14,15,16);4H2,1-3H3;/q;;+1/p-1. The second-order valence-corrected chi connectivity index (χ2v) is 9.04. The first kappa shape index (κ1) is 28.3. The summed E-state index contributed by atoms with van der Waals surface area (Å²) in [6, 6.07) is -0.224. The minimum Gasteiger partial charge on any atom is -0.846 e. The second kappa shape index (κ2) is 13.3. The number of hydrogen-bond acceptors (Lipinski definition) is 7. The van der Waals surface area contributed by atoms with Gasteiger partial charge in [-0.3, -0.25) is 9.59 Å². The van der Waals surface area contributed by atoms with Crippen LogP contribution < -0.4 is 40.0 Å². The van der Waals surface area contributed by atoms with Gasteiger partial charge in [0.25, 0.3) is 5.91 Å². The van der Waals surface area contributed by atoms with Gasteiger partial charge in [0.15, 0.2) is 0 Å². The Bertz CT molecular complexity index is 570. The minimum absolute atomic E-state index is 0. The van der Waals surface area contributed by atoms with Crippen LogP contribution >= 0.6 is 0 Å². The SMILES string of the molecule is CCCC(C)C1(CC)C(=O)N=C([O-])NC1=O.CC[Si](N=C=O)(OC)OC.[Na+]. The molecule has 0 spiro atoms. The summed E-state index contributed by atoms with van der Waals surface area (Å²) in [7, 11) is 0.456. The van der Waals surface area contributed by atoms with Crippen LogP contribution in [0.15, 0.2) is 9.65 Å². The van der Waals surface area contributed by atoms with Crippen LogP contribution in [0, 0.1) is 11.3 Å². The number of hydrogen-bond donors (Lipinski definition) is 1. The van der Waals surface area contributed by atoms with Crippen molar-refractivity contribution >= 4 is 32.6 Å². The molecule has 0 radical (unpaired) electrons. The van der Waals surface area contributed by atoms with Crippen LogP contribution in [-0.2, 0) is 23.2 Å². The van der Waals surface area contributed by atoms with Crippen LogP contribution in [-0.4, -0.2) is 46.9 Å². The first-order valence-electron chi connectivity index (χ1n) is 8.54. The van der Waals surface area contributed by atoms with Gasteiger partial charge in [0.05, 0.1) is 6.02 Å². The summed E-state index contributed by atoms with van der Waals surface area (Å²) >= 11 is 0. The van der Waals surface area contributed by atoms with Crippen LogP contribution in [0.25, 0.3) is 0 Å². The van der Waals surface area contributed by atoms with Gasteiger partial charge in [0.1, 0.15) is 5.41 Å². The van der Waals surface area contributed by atoms with E-state index >= 15 is 0 Å². The smallest absolute Gasteiger partial charge is 0.846 e. The molecule has 27 heavy (non-hydrogen) atoms. The summed E-state index contributed by atoms with van der Waals surface area (Å²) in [6.45, 7) is 7.48. The number of carbonyl (C=O) groups is 2. The summed E-state index contributed by atoms with van der Waals surface area (Å²) in [6.07, 6.45) is 3.47. The number of carbonyl (C=O) groups excluding carboxylic acids is 3. The van der Waals surface area contributed by atoms with E-state index in [1.807, 2.05) is 20.8 Å². The maximum Gasteiger partial charge on any atom is 1.00 e. The van der Waals surface area contributed by atoms with Crippen molar-refractivity contribution < 1.29 is 57.9 Å². The van der Waals surface area contributed by atoms with Crippen LogP contribution in [0.5, 0.6) is 0 Å². The fourth-order valence-corrected chi connectivity index (χ4v) is 4.14. The van der Waals surface area contributed by atoms with Crippen molar-refractivity contribution in [2.24, 2.45) is 21.0 Å². The van der Waals surface area contributed by atoms with E-state index < -0.39 is 32.0 Å². The van der Waals surface area contributed by atoms with Crippen LogP contribution in [0.1, 0.15) is 47.0 Å². The normalized spacial score (nSPS) is 20.1. The topological polar surface area (TPSA) is 129 Å². The summed E-state index contributed by atoms with van der Waals surface area (Å²) < 4.78 is 13.4. The fourth-order valence-electron chi connectivity index (χ4n) is 2.91. The van der Waals surface area contributed by atoms with E-state index in [1.165, 1.54) is 20.3 Å². The van der Waals surface area contributed by atoms with E-state index in [4.69, 9.17) is 8.85 Å². The molecule has 11 heteroatoms. The van der Waals surface area contributed by atoms with Crippen molar-refractivity contribution in [3.05, 3.63) is 0 Å². The van der Waals surface area contributed by atoms with Gasteiger partial charge in [-0.25, -0.2) is 9.79 Å². The maximum atomic E-state index is 11.9. The Balaban J connectivity index is 0. The van der Waals surface area contributed by atoms with Gasteiger partial charge in [-0.2, -0.15) is 4.66 Å². The molecule has 1 aliphatic rings. The third-order valence-corrected chi connectivity index (χ3v) is 7.23. The van der Waals surface area contributed by atoms with Gasteiger partial charge >= 0.3 is 38.3 Å². The van der Waals surface area contributed by atoms with Crippen molar-refractivity contribution in [2.75, 3.05) is 14.2 Å². The van der Waals surface area contributed by atoms with E-state index in [0.717, 1.165) is 12.8 Å². The number of nitrogens with zero attached hydrogens (tertiary/aromatic N) is 2. The Morgan fingerprint density at radius 2 is 1.85 bits per heavy atom. The van der Waals surface area contributed by atoms with Gasteiger partial charge in [0.2, 0.25) is 12.0 Å². The van der Waals surface area contributed by atoms with Gasteiger partial charge in [-0.1, -0.05) is 34.1 Å². The number of aliphatic imine (C=N–C) groups is 1. The molecule has 1 aliphatic heterocycles. The van der Waals surface area contributed by atoms with Crippen LogP contribution in [0.2, 0.25) is 6.04 Å². The molecule has 0 saturated heterocycles. The average Bonchev–Trinajstić information content (AvgIpc) is 2.61. The first-order chi connectivity index (χ1) is 12.2. The first-order valence-corrected chi connectivity index (χ1v) is 10.5. The Morgan fingerprint density at radius 1 is 1.30 bits per heavy atom. The zero-order valence-corrected chi connectivity index (χ0v) is 20.2. The van der Waals surface area contributed by atoms with Crippen LogP contribution in [0.3, 0.4) is 0 Å². The van der Waals surface area contributed by atoms with Crippen molar-refractivity contribution in [3.8, 4) is 0 Å². The van der Waals surface area contributed by atoms with Gasteiger partial charge < -0.3 is 19.3 Å². The molecule has 0 aromatic carbocycles. The van der Waals surface area contributed by atoms with E-state index in [9.17, 15) is 19.5 Å². The van der Waals surface area contributed by atoms with E-state index in [0.29, 0.717) is 12.5 Å². The van der Waals surface area contributed by atoms with E-state index in [-0.39, 0.29) is 35.5 Å². The second-order valence-electron chi connectivity index (χ2n) is 5.87. The number of amides is 2. The summed E-state index contributed by atoms with van der Waals surface area (Å²) in [4.78, 5) is 36.9. The zero-order chi connectivity index (χ0) is 20.4. The molecule has 0 bridgehead atoms. The van der Waals surface area contributed by atoms with Crippen molar-refractivity contribution in [1.29, 1.82) is 0 Å². The number of isocyanates is 1. The Morgan fingerprint density at radius 3 is 2.15 bits per heavy atom. The molecule has 9 nitrogen and oxygen atoms in total. The molecule has 2 atom stereocenters. The monoisotopic (exact) mass is 409 g/mol. The minimum atomic E-state index is -2.52. The molecule has 148 valence electrons. The van der Waals surface area contributed by atoms with Crippen LogP contribution in [0.4, 0.5) is 0 Å². The Hall–Kier alpha value is -0.873. The largest absolute Gasteiger partial charge is 1.00 e. The van der Waals surface area contributed by atoms with Crippen molar-refractivity contribution in [1.82, 2.24) is 5.32 Å². The zero-order valence-electron chi connectivity index (χ0n) is 17.2. The molecule has 0 fully saturated rings. The third-order valence-electron chi connectivity index (χ3n) is 4.63. The van der Waals surface area contributed by atoms with E-state index in [1.54, 1.807) is 6.92 Å².